The Morgan fingerprint density at radius 1 is 1.14 bits per heavy atom. The predicted octanol–water partition coefficient (Wildman–Crippen LogP) is 4.81. The Kier molecular flexibility index (Phi) is 6.80. The summed E-state index contributed by atoms with van der Waals surface area (Å²) in [5.41, 5.74) is 3.16. The Labute approximate surface area is 177 Å². The summed E-state index contributed by atoms with van der Waals surface area (Å²) >= 11 is 6.15. The van der Waals surface area contributed by atoms with Gasteiger partial charge >= 0.3 is 0 Å². The summed E-state index contributed by atoms with van der Waals surface area (Å²) in [5, 5.41) is 3.35. The molecule has 154 valence electrons. The van der Waals surface area contributed by atoms with Crippen LogP contribution in [0.1, 0.15) is 42.1 Å². The van der Waals surface area contributed by atoms with Crippen LogP contribution < -0.4 is 10.2 Å². The number of halogens is 1. The third-order valence-corrected chi connectivity index (χ3v) is 5.36. The highest BCUT2D eigenvalue weighted by molar-refractivity contribution is 6.34. The van der Waals surface area contributed by atoms with Crippen LogP contribution in [0.25, 0.3) is 0 Å². The summed E-state index contributed by atoms with van der Waals surface area (Å²) in [6.07, 6.45) is 2.90. The van der Waals surface area contributed by atoms with Crippen molar-refractivity contribution in [3.8, 4) is 0 Å². The number of carbonyl (C=O) groups is 2. The molecule has 0 bridgehead atoms. The second-order valence-electron chi connectivity index (χ2n) is 7.71. The van der Waals surface area contributed by atoms with Crippen molar-refractivity contribution >= 4 is 34.8 Å². The maximum Gasteiger partial charge on any atom is 0.257 e. The van der Waals surface area contributed by atoms with E-state index in [0.29, 0.717) is 22.8 Å². The van der Waals surface area contributed by atoms with Crippen LogP contribution in [-0.2, 0) is 11.3 Å². The summed E-state index contributed by atoms with van der Waals surface area (Å²) in [6.45, 7) is 3.35. The molecular weight excluding hydrogens is 386 g/mol. The zero-order valence-corrected chi connectivity index (χ0v) is 18.0. The van der Waals surface area contributed by atoms with Gasteiger partial charge in [-0.3, -0.25) is 9.59 Å². The first-order valence-corrected chi connectivity index (χ1v) is 10.4. The third kappa shape index (κ3) is 5.30. The van der Waals surface area contributed by atoms with Gasteiger partial charge in [0.15, 0.2) is 0 Å². The van der Waals surface area contributed by atoms with Crippen molar-refractivity contribution in [1.82, 2.24) is 4.90 Å². The monoisotopic (exact) mass is 413 g/mol. The molecule has 29 heavy (non-hydrogen) atoms. The second kappa shape index (κ2) is 9.31. The maximum absolute atomic E-state index is 12.7. The van der Waals surface area contributed by atoms with E-state index in [4.69, 9.17) is 11.6 Å². The fourth-order valence-corrected chi connectivity index (χ4v) is 3.62. The zero-order chi connectivity index (χ0) is 21.0. The number of rotatable bonds is 8. The van der Waals surface area contributed by atoms with Crippen LogP contribution in [0, 0.1) is 5.92 Å². The molecule has 0 heterocycles. The molecule has 1 aliphatic carbocycles. The predicted molar refractivity (Wildman–Crippen MR) is 119 cm³/mol. The summed E-state index contributed by atoms with van der Waals surface area (Å²) < 4.78 is 0. The molecule has 2 amide bonds. The first kappa shape index (κ1) is 21.2. The minimum Gasteiger partial charge on any atom is -0.377 e. The lowest BCUT2D eigenvalue weighted by molar-refractivity contribution is -0.133. The van der Waals surface area contributed by atoms with Crippen molar-refractivity contribution < 1.29 is 9.59 Å². The molecule has 0 spiro atoms. The third-order valence-electron chi connectivity index (χ3n) is 5.03. The minimum absolute atomic E-state index is 0.187. The topological polar surface area (TPSA) is 52.7 Å². The normalized spacial score (nSPS) is 13.1. The van der Waals surface area contributed by atoms with Gasteiger partial charge in [-0.25, -0.2) is 0 Å². The van der Waals surface area contributed by atoms with Crippen LogP contribution in [0.5, 0.6) is 0 Å². The Morgan fingerprint density at radius 3 is 2.48 bits per heavy atom. The number of benzene rings is 2. The molecule has 5 nitrogen and oxygen atoms in total. The molecule has 2 aromatic carbocycles. The van der Waals surface area contributed by atoms with E-state index in [-0.39, 0.29) is 17.7 Å². The molecule has 2 aromatic rings. The number of hydrogen-bond acceptors (Lipinski definition) is 3. The highest BCUT2D eigenvalue weighted by Crippen LogP contribution is 2.33. The molecule has 3 rings (SSSR count). The molecule has 0 unspecified atom stereocenters. The van der Waals surface area contributed by atoms with E-state index >= 15 is 0 Å². The minimum atomic E-state index is -0.251. The number of nitrogens with one attached hydrogen (secondary N) is 1. The molecule has 0 aliphatic heterocycles. The van der Waals surface area contributed by atoms with Crippen molar-refractivity contribution in [3.63, 3.8) is 0 Å². The second-order valence-corrected chi connectivity index (χ2v) is 8.11. The SMILES string of the molecule is CCCN(Cc1cc(NC(=O)c2ccccc2Cl)ccc1N(C)C)C(=O)C1CC1. The van der Waals surface area contributed by atoms with Gasteiger partial charge in [-0.1, -0.05) is 30.7 Å². The summed E-state index contributed by atoms with van der Waals surface area (Å²) in [7, 11) is 3.96. The van der Waals surface area contributed by atoms with Gasteiger partial charge < -0.3 is 15.1 Å². The maximum atomic E-state index is 12.7. The largest absolute Gasteiger partial charge is 0.377 e. The highest BCUT2D eigenvalue weighted by atomic mass is 35.5. The fourth-order valence-electron chi connectivity index (χ4n) is 3.40. The van der Waals surface area contributed by atoms with E-state index in [0.717, 1.165) is 37.1 Å². The first-order valence-electron chi connectivity index (χ1n) is 10.1. The Bertz CT molecular complexity index is 893. The lowest BCUT2D eigenvalue weighted by Gasteiger charge is -2.26. The number of hydrogen-bond donors (Lipinski definition) is 1. The molecule has 1 saturated carbocycles. The molecule has 6 heteroatoms. The fraction of sp³-hybridized carbons (Fsp3) is 0.391. The average Bonchev–Trinajstić information content (AvgIpc) is 3.52. The lowest BCUT2D eigenvalue weighted by Crippen LogP contribution is -2.33. The lowest BCUT2D eigenvalue weighted by atomic mass is 10.1. The van der Waals surface area contributed by atoms with Gasteiger partial charge in [0.25, 0.3) is 5.91 Å². The Morgan fingerprint density at radius 2 is 1.86 bits per heavy atom. The quantitative estimate of drug-likeness (QED) is 0.675. The van der Waals surface area contributed by atoms with Crippen molar-refractivity contribution in [2.45, 2.75) is 32.7 Å². The Balaban J connectivity index is 1.84. The van der Waals surface area contributed by atoms with E-state index in [2.05, 4.69) is 12.2 Å². The number of amides is 2. The van der Waals surface area contributed by atoms with Crippen molar-refractivity contribution in [2.75, 3.05) is 30.9 Å². The highest BCUT2D eigenvalue weighted by Gasteiger charge is 2.33. The molecule has 1 fully saturated rings. The van der Waals surface area contributed by atoms with E-state index in [9.17, 15) is 9.59 Å². The van der Waals surface area contributed by atoms with Gasteiger partial charge in [0, 0.05) is 44.5 Å². The van der Waals surface area contributed by atoms with Crippen molar-refractivity contribution in [2.24, 2.45) is 5.92 Å². The number of nitrogens with zero attached hydrogens (tertiary/aromatic N) is 2. The molecular formula is C23H28ClN3O2. The van der Waals surface area contributed by atoms with Gasteiger partial charge in [0.2, 0.25) is 5.91 Å². The van der Waals surface area contributed by atoms with E-state index < -0.39 is 0 Å². The van der Waals surface area contributed by atoms with Gasteiger partial charge in [0.05, 0.1) is 10.6 Å². The number of carbonyl (C=O) groups excluding carboxylic acids is 2. The summed E-state index contributed by atoms with van der Waals surface area (Å²) in [4.78, 5) is 29.3. The average molecular weight is 414 g/mol. The first-order chi connectivity index (χ1) is 13.9. The van der Waals surface area contributed by atoms with Crippen LogP contribution in [0.3, 0.4) is 0 Å². The van der Waals surface area contributed by atoms with Crippen LogP contribution in [0.4, 0.5) is 11.4 Å². The molecule has 0 radical (unpaired) electrons. The van der Waals surface area contributed by atoms with E-state index in [1.165, 1.54) is 0 Å². The summed E-state index contributed by atoms with van der Waals surface area (Å²) in [5.74, 6) is 0.174. The standard InChI is InChI=1S/C23H28ClN3O2/c1-4-13-27(23(29)16-9-10-16)15-17-14-18(11-12-21(17)26(2)3)25-22(28)19-7-5-6-8-20(19)24/h5-8,11-12,14,16H,4,9-10,13,15H2,1-3H3,(H,25,28). The van der Waals surface area contributed by atoms with E-state index in [1.807, 2.05) is 42.1 Å². The molecule has 1 N–H and O–H groups in total. The van der Waals surface area contributed by atoms with Crippen LogP contribution in [-0.4, -0.2) is 37.4 Å². The van der Waals surface area contributed by atoms with E-state index in [1.54, 1.807) is 24.3 Å². The van der Waals surface area contributed by atoms with Crippen molar-refractivity contribution in [1.29, 1.82) is 0 Å². The molecule has 1 aliphatic rings. The van der Waals surface area contributed by atoms with Crippen LogP contribution in [0.2, 0.25) is 5.02 Å². The van der Waals surface area contributed by atoms with Gasteiger partial charge in [-0.15, -0.1) is 0 Å². The molecule has 0 atom stereocenters. The Hall–Kier alpha value is -2.53. The van der Waals surface area contributed by atoms with Crippen LogP contribution >= 0.6 is 11.6 Å². The molecule has 0 saturated heterocycles. The van der Waals surface area contributed by atoms with Gasteiger partial charge in [-0.2, -0.15) is 0 Å². The zero-order valence-electron chi connectivity index (χ0n) is 17.2. The van der Waals surface area contributed by atoms with Gasteiger partial charge in [0.1, 0.15) is 0 Å². The molecule has 0 aromatic heterocycles. The number of anilines is 2. The smallest absolute Gasteiger partial charge is 0.257 e. The van der Waals surface area contributed by atoms with Gasteiger partial charge in [-0.05, 0) is 55.2 Å². The van der Waals surface area contributed by atoms with Crippen LogP contribution in [0.15, 0.2) is 42.5 Å². The summed E-state index contributed by atoms with van der Waals surface area (Å²) in [6, 6.07) is 12.8. The van der Waals surface area contributed by atoms with Crippen molar-refractivity contribution in [3.05, 3.63) is 58.6 Å².